The van der Waals surface area contributed by atoms with E-state index in [-0.39, 0.29) is 23.6 Å². The average Bonchev–Trinajstić information content (AvgIpc) is 2.32. The normalized spacial score (nSPS) is 14.3. The van der Waals surface area contributed by atoms with Crippen LogP contribution in [0.25, 0.3) is 0 Å². The van der Waals surface area contributed by atoms with E-state index in [1.165, 1.54) is 0 Å². The third kappa shape index (κ3) is 4.52. The van der Waals surface area contributed by atoms with E-state index in [0.717, 1.165) is 5.56 Å². The molecule has 6 heteroatoms. The monoisotopic (exact) mass is 367 g/mol. The fourth-order valence-electron chi connectivity index (χ4n) is 1.77. The highest BCUT2D eigenvalue weighted by atomic mass is 79.9. The van der Waals surface area contributed by atoms with Gasteiger partial charge in [-0.2, -0.15) is 0 Å². The molecule has 4 nitrogen and oxygen atoms in total. The predicted octanol–water partition coefficient (Wildman–Crippen LogP) is 3.38. The van der Waals surface area contributed by atoms with Gasteiger partial charge in [-0.15, -0.1) is 12.4 Å². The lowest BCUT2D eigenvalue weighted by molar-refractivity contribution is 0.0400. The summed E-state index contributed by atoms with van der Waals surface area (Å²) in [5.74, 6) is 0.409. The lowest BCUT2D eigenvalue weighted by atomic mass is 9.82. The van der Waals surface area contributed by atoms with Crippen LogP contribution in [0.2, 0.25) is 0 Å². The molecule has 0 fully saturated rings. The van der Waals surface area contributed by atoms with Crippen molar-refractivity contribution in [1.82, 2.24) is 0 Å². The number of ether oxygens (including phenoxy) is 1. The number of halogens is 2. The first kappa shape index (κ1) is 19.5. The van der Waals surface area contributed by atoms with E-state index in [9.17, 15) is 10.2 Å². The summed E-state index contributed by atoms with van der Waals surface area (Å²) in [5.41, 5.74) is 6.49. The largest absolute Gasteiger partial charge is 0.503 e. The van der Waals surface area contributed by atoms with Gasteiger partial charge < -0.3 is 20.7 Å². The van der Waals surface area contributed by atoms with Gasteiger partial charge in [0.2, 0.25) is 0 Å². The summed E-state index contributed by atoms with van der Waals surface area (Å²) < 4.78 is 5.86. The van der Waals surface area contributed by atoms with Crippen LogP contribution in [0.1, 0.15) is 39.3 Å². The van der Waals surface area contributed by atoms with Crippen molar-refractivity contribution in [3.8, 4) is 11.5 Å². The van der Waals surface area contributed by atoms with Crippen molar-refractivity contribution in [2.75, 3.05) is 6.61 Å². The molecular formula is C14H23BrClNO3. The number of aliphatic hydroxyl groups is 1. The number of benzene rings is 1. The van der Waals surface area contributed by atoms with Gasteiger partial charge in [-0.1, -0.05) is 20.8 Å². The molecule has 116 valence electrons. The minimum absolute atomic E-state index is 0. The topological polar surface area (TPSA) is 75.7 Å². The number of hydrogen-bond acceptors (Lipinski definition) is 4. The Morgan fingerprint density at radius 1 is 1.35 bits per heavy atom. The minimum Gasteiger partial charge on any atom is -0.503 e. The Morgan fingerprint density at radius 3 is 2.35 bits per heavy atom. The third-order valence-electron chi connectivity index (χ3n) is 2.96. The summed E-state index contributed by atoms with van der Waals surface area (Å²) in [4.78, 5) is 0. The number of phenols is 1. The Hall–Kier alpha value is -0.490. The molecule has 20 heavy (non-hydrogen) atoms. The first-order valence-corrected chi connectivity index (χ1v) is 7.06. The number of aromatic hydroxyl groups is 1. The zero-order valence-electron chi connectivity index (χ0n) is 12.2. The maximum Gasteiger partial charge on any atom is 0.172 e. The van der Waals surface area contributed by atoms with E-state index in [1.807, 2.05) is 27.7 Å². The maximum atomic E-state index is 10.2. The van der Waals surface area contributed by atoms with E-state index in [2.05, 4.69) is 15.9 Å². The van der Waals surface area contributed by atoms with Crippen molar-refractivity contribution in [3.05, 3.63) is 22.2 Å². The Kier molecular flexibility index (Phi) is 7.32. The molecule has 0 bridgehead atoms. The fraction of sp³-hybridized carbons (Fsp3) is 0.571. The van der Waals surface area contributed by atoms with Gasteiger partial charge in [-0.3, -0.25) is 0 Å². The molecule has 0 aromatic heterocycles. The Balaban J connectivity index is 0.00000361. The van der Waals surface area contributed by atoms with E-state index >= 15 is 0 Å². The molecular weight excluding hydrogens is 346 g/mol. The van der Waals surface area contributed by atoms with Crippen molar-refractivity contribution < 1.29 is 14.9 Å². The van der Waals surface area contributed by atoms with Gasteiger partial charge in [0.05, 0.1) is 23.2 Å². The summed E-state index contributed by atoms with van der Waals surface area (Å²) in [6, 6.07) is 2.83. The van der Waals surface area contributed by atoms with Gasteiger partial charge in [0, 0.05) is 0 Å². The molecule has 0 aliphatic carbocycles. The van der Waals surface area contributed by atoms with Crippen LogP contribution in [0.4, 0.5) is 0 Å². The number of hydrogen-bond donors (Lipinski definition) is 3. The van der Waals surface area contributed by atoms with Gasteiger partial charge in [0.1, 0.15) is 0 Å². The van der Waals surface area contributed by atoms with Crippen LogP contribution in [0, 0.1) is 5.41 Å². The number of phenolic OH excluding ortho intramolecular Hbond substituents is 1. The second kappa shape index (κ2) is 7.50. The van der Waals surface area contributed by atoms with Gasteiger partial charge in [-0.25, -0.2) is 0 Å². The second-order valence-corrected chi connectivity index (χ2v) is 6.47. The lowest BCUT2D eigenvalue weighted by Crippen LogP contribution is -2.37. The summed E-state index contributed by atoms with van der Waals surface area (Å²) >= 11 is 3.27. The molecule has 0 unspecified atom stereocenters. The zero-order valence-corrected chi connectivity index (χ0v) is 14.6. The van der Waals surface area contributed by atoms with Crippen LogP contribution in [0.15, 0.2) is 16.6 Å². The molecule has 1 rings (SSSR count). The Bertz CT molecular complexity index is 449. The molecule has 0 amide bonds. The summed E-state index contributed by atoms with van der Waals surface area (Å²) in [6.45, 7) is 8.06. The molecule has 1 aromatic carbocycles. The van der Waals surface area contributed by atoms with E-state index in [0.29, 0.717) is 16.8 Å². The van der Waals surface area contributed by atoms with Crippen LogP contribution >= 0.6 is 28.3 Å². The molecule has 0 aliphatic heterocycles. The van der Waals surface area contributed by atoms with Crippen LogP contribution in [0.3, 0.4) is 0 Å². The van der Waals surface area contributed by atoms with Gasteiger partial charge in [-0.05, 0) is 46.0 Å². The molecule has 2 atom stereocenters. The van der Waals surface area contributed by atoms with Crippen LogP contribution in [-0.2, 0) is 0 Å². The molecule has 0 saturated carbocycles. The van der Waals surface area contributed by atoms with Crippen molar-refractivity contribution in [1.29, 1.82) is 0 Å². The molecule has 0 spiro atoms. The number of aliphatic hydroxyl groups excluding tert-OH is 1. The lowest BCUT2D eigenvalue weighted by Gasteiger charge is -2.31. The van der Waals surface area contributed by atoms with Crippen LogP contribution in [0.5, 0.6) is 11.5 Å². The molecule has 4 N–H and O–H groups in total. The van der Waals surface area contributed by atoms with Crippen LogP contribution in [-0.4, -0.2) is 22.9 Å². The molecule has 1 aromatic rings. The molecule has 0 saturated heterocycles. The van der Waals surface area contributed by atoms with E-state index < -0.39 is 12.1 Å². The third-order valence-corrected chi connectivity index (χ3v) is 3.57. The highest BCUT2D eigenvalue weighted by molar-refractivity contribution is 9.10. The van der Waals surface area contributed by atoms with Crippen LogP contribution < -0.4 is 10.5 Å². The first-order valence-electron chi connectivity index (χ1n) is 6.27. The average molecular weight is 369 g/mol. The first-order chi connectivity index (χ1) is 8.68. The number of nitrogens with two attached hydrogens (primary N) is 1. The summed E-state index contributed by atoms with van der Waals surface area (Å²) in [5, 5.41) is 20.1. The number of rotatable bonds is 4. The van der Waals surface area contributed by atoms with E-state index in [4.69, 9.17) is 10.5 Å². The highest BCUT2D eigenvalue weighted by Gasteiger charge is 2.30. The van der Waals surface area contributed by atoms with Crippen molar-refractivity contribution >= 4 is 28.3 Å². The van der Waals surface area contributed by atoms with Crippen molar-refractivity contribution in [2.24, 2.45) is 11.1 Å². The van der Waals surface area contributed by atoms with Gasteiger partial charge >= 0.3 is 0 Å². The van der Waals surface area contributed by atoms with Crippen molar-refractivity contribution in [3.63, 3.8) is 0 Å². The van der Waals surface area contributed by atoms with E-state index in [1.54, 1.807) is 12.1 Å². The molecule has 0 aliphatic rings. The summed E-state index contributed by atoms with van der Waals surface area (Å²) in [6.07, 6.45) is -0.696. The summed E-state index contributed by atoms with van der Waals surface area (Å²) in [7, 11) is 0. The van der Waals surface area contributed by atoms with Gasteiger partial charge in [0.15, 0.2) is 11.5 Å². The minimum atomic E-state index is -0.696. The SMILES string of the molecule is CCOc1cc([C@H](N)[C@H](O)C(C)(C)C)cc(Br)c1O.Cl. The Labute approximate surface area is 134 Å². The molecule has 0 heterocycles. The smallest absolute Gasteiger partial charge is 0.172 e. The predicted molar refractivity (Wildman–Crippen MR) is 86.6 cm³/mol. The maximum absolute atomic E-state index is 10.2. The molecule has 0 radical (unpaired) electrons. The zero-order chi connectivity index (χ0) is 14.8. The Morgan fingerprint density at radius 2 is 1.90 bits per heavy atom. The highest BCUT2D eigenvalue weighted by Crippen LogP contribution is 2.38. The second-order valence-electron chi connectivity index (χ2n) is 5.62. The standard InChI is InChI=1S/C14H22BrNO3.ClH/c1-5-19-10-7-8(6-9(15)12(10)17)11(16)13(18)14(2,3)4;/h6-7,11,13,17-18H,5,16H2,1-4H3;1H/t11-,13-;/m0./s1. The van der Waals surface area contributed by atoms with Gasteiger partial charge in [0.25, 0.3) is 0 Å². The quantitative estimate of drug-likeness (QED) is 0.761. The van der Waals surface area contributed by atoms with Crippen molar-refractivity contribution in [2.45, 2.75) is 39.8 Å². The fourth-order valence-corrected chi connectivity index (χ4v) is 2.23.